The van der Waals surface area contributed by atoms with E-state index in [2.05, 4.69) is 9.83 Å². The summed E-state index contributed by atoms with van der Waals surface area (Å²) in [6.07, 6.45) is 3.34. The van der Waals surface area contributed by atoms with Gasteiger partial charge in [0.2, 0.25) is 5.69 Å². The van der Waals surface area contributed by atoms with Gasteiger partial charge in [-0.15, -0.1) is 0 Å². The lowest BCUT2D eigenvalue weighted by Crippen LogP contribution is -1.95. The summed E-state index contributed by atoms with van der Waals surface area (Å²) in [5.41, 5.74) is 1.19. The molecule has 15 heavy (non-hydrogen) atoms. The highest BCUT2D eigenvalue weighted by molar-refractivity contribution is 5.58. The number of hydrogen-bond acceptors (Lipinski definition) is 1. The predicted octanol–water partition coefficient (Wildman–Crippen LogP) is 3.15. The fourth-order valence-corrected chi connectivity index (χ4v) is 1.54. The Hall–Kier alpha value is -1.89. The van der Waals surface area contributed by atoms with E-state index in [1.807, 2.05) is 13.8 Å². The Morgan fingerprint density at radius 1 is 1.53 bits per heavy atom. The van der Waals surface area contributed by atoms with Crippen molar-refractivity contribution in [3.05, 3.63) is 41.4 Å². The van der Waals surface area contributed by atoms with Crippen molar-refractivity contribution in [3.63, 3.8) is 0 Å². The molecule has 0 aliphatic heterocycles. The maximum atomic E-state index is 13.6. The number of aromatic nitrogens is 2. The van der Waals surface area contributed by atoms with Gasteiger partial charge in [-0.05, 0) is 12.0 Å². The minimum absolute atomic E-state index is 0.0170. The van der Waals surface area contributed by atoms with Crippen molar-refractivity contribution in [1.82, 2.24) is 9.38 Å². The molecule has 0 unspecified atom stereocenters. The first-order chi connectivity index (χ1) is 7.15. The van der Waals surface area contributed by atoms with Crippen LogP contribution in [0.5, 0.6) is 0 Å². The first-order valence-electron chi connectivity index (χ1n) is 4.68. The van der Waals surface area contributed by atoms with Gasteiger partial charge >= 0.3 is 0 Å². The number of pyridine rings is 1. The molecule has 0 aliphatic carbocycles. The Morgan fingerprint density at radius 2 is 2.27 bits per heavy atom. The lowest BCUT2D eigenvalue weighted by Gasteiger charge is -2.05. The summed E-state index contributed by atoms with van der Waals surface area (Å²) in [6, 6.07) is 1.48. The van der Waals surface area contributed by atoms with Crippen molar-refractivity contribution in [3.8, 4) is 0 Å². The summed E-state index contributed by atoms with van der Waals surface area (Å²) in [5, 5.41) is 0. The second kappa shape index (κ2) is 3.35. The summed E-state index contributed by atoms with van der Waals surface area (Å²) in [6.45, 7) is 10.8. The van der Waals surface area contributed by atoms with Crippen LogP contribution in [0.4, 0.5) is 10.1 Å². The zero-order valence-corrected chi connectivity index (χ0v) is 8.53. The van der Waals surface area contributed by atoms with Crippen molar-refractivity contribution in [2.45, 2.75) is 19.8 Å². The Kier molecular flexibility index (Phi) is 2.16. The van der Waals surface area contributed by atoms with Crippen LogP contribution in [0.25, 0.3) is 10.5 Å². The molecule has 0 aromatic carbocycles. The molecule has 0 atom stereocenters. The highest BCUT2D eigenvalue weighted by Crippen LogP contribution is 2.24. The van der Waals surface area contributed by atoms with Crippen LogP contribution in [0.3, 0.4) is 0 Å². The van der Waals surface area contributed by atoms with Crippen LogP contribution in [-0.2, 0) is 0 Å². The monoisotopic (exact) mass is 203 g/mol. The first kappa shape index (κ1) is 9.66. The molecule has 2 rings (SSSR count). The van der Waals surface area contributed by atoms with Crippen LogP contribution in [0, 0.1) is 12.4 Å². The van der Waals surface area contributed by atoms with Crippen molar-refractivity contribution in [1.29, 1.82) is 0 Å². The van der Waals surface area contributed by atoms with Crippen molar-refractivity contribution >= 4 is 11.3 Å². The van der Waals surface area contributed by atoms with Gasteiger partial charge in [-0.25, -0.2) is 14.2 Å². The Balaban J connectivity index is 2.77. The average molecular weight is 203 g/mol. The van der Waals surface area contributed by atoms with Crippen LogP contribution in [-0.4, -0.2) is 9.38 Å². The molecule has 0 fully saturated rings. The van der Waals surface area contributed by atoms with E-state index in [4.69, 9.17) is 6.57 Å². The summed E-state index contributed by atoms with van der Waals surface area (Å²) in [4.78, 5) is 7.09. The summed E-state index contributed by atoms with van der Waals surface area (Å²) < 4.78 is 15.3. The van der Waals surface area contributed by atoms with Gasteiger partial charge in [-0.3, -0.25) is 0 Å². The van der Waals surface area contributed by atoms with Gasteiger partial charge in [0.1, 0.15) is 0 Å². The van der Waals surface area contributed by atoms with Gasteiger partial charge in [0.25, 0.3) is 0 Å². The van der Waals surface area contributed by atoms with E-state index in [9.17, 15) is 4.39 Å². The summed E-state index contributed by atoms with van der Waals surface area (Å²) in [5.74, 6) is -0.266. The predicted molar refractivity (Wildman–Crippen MR) is 55.5 cm³/mol. The summed E-state index contributed by atoms with van der Waals surface area (Å²) in [7, 11) is 0. The molecule has 0 radical (unpaired) electrons. The molecule has 0 N–H and O–H groups in total. The molecule has 76 valence electrons. The highest BCUT2D eigenvalue weighted by atomic mass is 19.1. The highest BCUT2D eigenvalue weighted by Gasteiger charge is 2.13. The fourth-order valence-electron chi connectivity index (χ4n) is 1.54. The van der Waals surface area contributed by atoms with Crippen molar-refractivity contribution in [2.75, 3.05) is 0 Å². The van der Waals surface area contributed by atoms with E-state index >= 15 is 0 Å². The van der Waals surface area contributed by atoms with E-state index in [1.165, 1.54) is 6.07 Å². The SMILES string of the molecule is [C-]#[N+]c1ccn2c(C(C)C)cnc2c1F. The molecule has 0 aliphatic rings. The molecule has 2 heterocycles. The molecule has 0 saturated heterocycles. The van der Waals surface area contributed by atoms with Crippen molar-refractivity contribution < 1.29 is 4.39 Å². The Labute approximate surface area is 87.0 Å². The van der Waals surface area contributed by atoms with Crippen LogP contribution in [0.2, 0.25) is 0 Å². The normalized spacial score (nSPS) is 10.9. The maximum absolute atomic E-state index is 13.6. The molecule has 4 heteroatoms. The largest absolute Gasteiger partial charge is 0.304 e. The number of halogens is 1. The molecular weight excluding hydrogens is 193 g/mol. The number of nitrogens with zero attached hydrogens (tertiary/aromatic N) is 3. The lowest BCUT2D eigenvalue weighted by molar-refractivity contribution is 0.634. The number of hydrogen-bond donors (Lipinski definition) is 0. The third kappa shape index (κ3) is 1.37. The van der Waals surface area contributed by atoms with Crippen LogP contribution in [0.15, 0.2) is 18.5 Å². The van der Waals surface area contributed by atoms with Gasteiger partial charge < -0.3 is 4.40 Å². The van der Waals surface area contributed by atoms with E-state index in [1.54, 1.807) is 16.8 Å². The standard InChI is InChI=1S/C11H10FN3/c1-7(2)9-6-14-11-10(12)8(13-3)4-5-15(9)11/h4-7H,1-2H3. The Morgan fingerprint density at radius 3 is 2.87 bits per heavy atom. The molecule has 3 nitrogen and oxygen atoms in total. The smallest absolute Gasteiger partial charge is 0.227 e. The van der Waals surface area contributed by atoms with Gasteiger partial charge in [0, 0.05) is 18.1 Å². The number of fused-ring (bicyclic) bond motifs is 1. The topological polar surface area (TPSA) is 21.7 Å². The molecule has 0 amide bonds. The van der Waals surface area contributed by atoms with Crippen LogP contribution < -0.4 is 0 Å². The second-order valence-electron chi connectivity index (χ2n) is 3.66. The molecular formula is C11H10FN3. The fraction of sp³-hybridized carbons (Fsp3) is 0.273. The zero-order valence-electron chi connectivity index (χ0n) is 8.53. The molecule has 0 bridgehead atoms. The van der Waals surface area contributed by atoms with E-state index < -0.39 is 5.82 Å². The van der Waals surface area contributed by atoms with Crippen LogP contribution >= 0.6 is 0 Å². The quantitative estimate of drug-likeness (QED) is 0.652. The third-order valence-corrected chi connectivity index (χ3v) is 2.34. The van der Waals surface area contributed by atoms with E-state index in [0.717, 1.165) is 5.69 Å². The molecule has 2 aromatic heterocycles. The Bertz CT molecular complexity index is 549. The van der Waals surface area contributed by atoms with Gasteiger partial charge in [-0.1, -0.05) is 13.8 Å². The van der Waals surface area contributed by atoms with E-state index in [-0.39, 0.29) is 17.3 Å². The minimum atomic E-state index is -0.542. The van der Waals surface area contributed by atoms with Gasteiger partial charge in [0.15, 0.2) is 11.5 Å². The lowest BCUT2D eigenvalue weighted by atomic mass is 10.1. The van der Waals surface area contributed by atoms with E-state index in [0.29, 0.717) is 0 Å². The zero-order chi connectivity index (χ0) is 11.0. The minimum Gasteiger partial charge on any atom is -0.304 e. The molecule has 0 spiro atoms. The summed E-state index contributed by atoms with van der Waals surface area (Å²) >= 11 is 0. The van der Waals surface area contributed by atoms with Crippen LogP contribution in [0.1, 0.15) is 25.5 Å². The second-order valence-corrected chi connectivity index (χ2v) is 3.66. The van der Waals surface area contributed by atoms with Gasteiger partial charge in [-0.2, -0.15) is 0 Å². The van der Waals surface area contributed by atoms with Gasteiger partial charge in [0.05, 0.1) is 6.57 Å². The molecule has 2 aromatic rings. The first-order valence-corrected chi connectivity index (χ1v) is 4.68. The number of rotatable bonds is 1. The average Bonchev–Trinajstić information content (AvgIpc) is 2.62. The molecule has 0 saturated carbocycles. The van der Waals surface area contributed by atoms with Crippen molar-refractivity contribution in [2.24, 2.45) is 0 Å². The number of imidazole rings is 1. The third-order valence-electron chi connectivity index (χ3n) is 2.34. The maximum Gasteiger partial charge on any atom is 0.227 e.